The van der Waals surface area contributed by atoms with Crippen molar-refractivity contribution in [1.82, 2.24) is 9.78 Å². The molecule has 1 atom stereocenters. The van der Waals surface area contributed by atoms with Crippen molar-refractivity contribution in [3.05, 3.63) is 52.3 Å². The van der Waals surface area contributed by atoms with Crippen LogP contribution in [0.1, 0.15) is 35.0 Å². The first-order valence-electron chi connectivity index (χ1n) is 7.34. The summed E-state index contributed by atoms with van der Waals surface area (Å²) in [6.45, 7) is 9.32. The van der Waals surface area contributed by atoms with Gasteiger partial charge >= 0.3 is 0 Å². The van der Waals surface area contributed by atoms with Crippen LogP contribution in [0.3, 0.4) is 0 Å². The third-order valence-corrected chi connectivity index (χ3v) is 3.54. The van der Waals surface area contributed by atoms with Gasteiger partial charge < -0.3 is 5.73 Å². The van der Waals surface area contributed by atoms with Crippen LogP contribution in [0.25, 0.3) is 0 Å². The van der Waals surface area contributed by atoms with E-state index in [-0.39, 0.29) is 6.04 Å². The van der Waals surface area contributed by atoms with Crippen molar-refractivity contribution in [3.63, 3.8) is 0 Å². The summed E-state index contributed by atoms with van der Waals surface area (Å²) in [4.78, 5) is 0. The number of nitrogens with zero attached hydrogens (tertiary/aromatic N) is 2. The third-order valence-electron chi connectivity index (χ3n) is 3.54. The third kappa shape index (κ3) is 3.70. The van der Waals surface area contributed by atoms with Crippen LogP contribution in [-0.4, -0.2) is 15.8 Å². The van der Waals surface area contributed by atoms with Crippen LogP contribution >= 0.6 is 0 Å². The number of rotatable bonds is 5. The van der Waals surface area contributed by atoms with E-state index in [0.717, 1.165) is 25.1 Å². The molecular formula is C17H25N3. The molecule has 0 saturated carbocycles. The van der Waals surface area contributed by atoms with E-state index in [2.05, 4.69) is 54.8 Å². The van der Waals surface area contributed by atoms with Crippen LogP contribution < -0.4 is 5.73 Å². The number of benzene rings is 1. The second-order valence-electron chi connectivity index (χ2n) is 5.76. The first kappa shape index (κ1) is 14.8. The molecule has 0 saturated heterocycles. The zero-order valence-electron chi connectivity index (χ0n) is 13.0. The summed E-state index contributed by atoms with van der Waals surface area (Å²) < 4.78 is 2.05. The zero-order chi connectivity index (χ0) is 14.7. The Hall–Kier alpha value is -1.61. The van der Waals surface area contributed by atoms with Gasteiger partial charge in [-0.2, -0.15) is 5.10 Å². The lowest BCUT2D eigenvalue weighted by Gasteiger charge is -2.13. The van der Waals surface area contributed by atoms with Crippen molar-refractivity contribution in [2.45, 2.75) is 53.1 Å². The van der Waals surface area contributed by atoms with Gasteiger partial charge in [0, 0.05) is 24.7 Å². The lowest BCUT2D eigenvalue weighted by molar-refractivity contribution is 0.574. The lowest BCUT2D eigenvalue weighted by atomic mass is 9.99. The van der Waals surface area contributed by atoms with Crippen molar-refractivity contribution >= 4 is 0 Å². The van der Waals surface area contributed by atoms with Gasteiger partial charge in [0.15, 0.2) is 0 Å². The van der Waals surface area contributed by atoms with Gasteiger partial charge in [0.05, 0.1) is 5.69 Å². The highest BCUT2D eigenvalue weighted by Crippen LogP contribution is 2.13. The Morgan fingerprint density at radius 3 is 2.30 bits per heavy atom. The standard InChI is InChI=1S/C17H25N3/c1-5-20-17(9-14(4)19-20)11-16(18)10-15-7-12(2)6-13(3)8-15/h6-9,16H,5,10-11,18H2,1-4H3. The van der Waals surface area contributed by atoms with E-state index in [9.17, 15) is 0 Å². The highest BCUT2D eigenvalue weighted by Gasteiger charge is 2.11. The van der Waals surface area contributed by atoms with Crippen molar-refractivity contribution in [2.24, 2.45) is 5.73 Å². The average molecular weight is 271 g/mol. The van der Waals surface area contributed by atoms with Gasteiger partial charge in [-0.3, -0.25) is 4.68 Å². The molecule has 2 aromatic rings. The zero-order valence-corrected chi connectivity index (χ0v) is 13.0. The smallest absolute Gasteiger partial charge is 0.0596 e. The molecule has 1 aromatic carbocycles. The highest BCUT2D eigenvalue weighted by atomic mass is 15.3. The molecule has 2 N–H and O–H groups in total. The van der Waals surface area contributed by atoms with Gasteiger partial charge in [-0.15, -0.1) is 0 Å². The summed E-state index contributed by atoms with van der Waals surface area (Å²) in [6.07, 6.45) is 1.79. The van der Waals surface area contributed by atoms with E-state index >= 15 is 0 Å². The molecule has 1 heterocycles. The van der Waals surface area contributed by atoms with E-state index in [1.54, 1.807) is 0 Å². The van der Waals surface area contributed by atoms with Crippen molar-refractivity contribution in [1.29, 1.82) is 0 Å². The molecule has 3 heteroatoms. The number of aromatic nitrogens is 2. The van der Waals surface area contributed by atoms with Gasteiger partial charge in [-0.1, -0.05) is 29.3 Å². The Balaban J connectivity index is 2.06. The summed E-state index contributed by atoms with van der Waals surface area (Å²) >= 11 is 0. The Morgan fingerprint density at radius 1 is 1.05 bits per heavy atom. The minimum atomic E-state index is 0.137. The maximum absolute atomic E-state index is 6.33. The average Bonchev–Trinajstić information content (AvgIpc) is 2.67. The Bertz CT molecular complexity index is 564. The normalized spacial score (nSPS) is 12.7. The summed E-state index contributed by atoms with van der Waals surface area (Å²) in [5, 5.41) is 4.48. The molecule has 3 nitrogen and oxygen atoms in total. The molecule has 1 aromatic heterocycles. The summed E-state index contributed by atoms with van der Waals surface area (Å²) in [5.74, 6) is 0. The minimum Gasteiger partial charge on any atom is -0.327 e. The molecule has 0 aliphatic rings. The number of aryl methyl sites for hydroxylation is 4. The first-order valence-corrected chi connectivity index (χ1v) is 7.34. The first-order chi connectivity index (χ1) is 9.47. The van der Waals surface area contributed by atoms with E-state index in [0.29, 0.717) is 0 Å². The van der Waals surface area contributed by atoms with Crippen LogP contribution in [0.2, 0.25) is 0 Å². The van der Waals surface area contributed by atoms with E-state index < -0.39 is 0 Å². The SMILES string of the molecule is CCn1nc(C)cc1CC(N)Cc1cc(C)cc(C)c1. The van der Waals surface area contributed by atoms with Crippen LogP contribution in [-0.2, 0) is 19.4 Å². The highest BCUT2D eigenvalue weighted by molar-refractivity contribution is 5.29. The Labute approximate surface area is 121 Å². The van der Waals surface area contributed by atoms with Gasteiger partial charge in [0.1, 0.15) is 0 Å². The lowest BCUT2D eigenvalue weighted by Crippen LogP contribution is -2.27. The van der Waals surface area contributed by atoms with Crippen molar-refractivity contribution in [2.75, 3.05) is 0 Å². The molecule has 0 fully saturated rings. The fourth-order valence-corrected chi connectivity index (χ4v) is 2.87. The van der Waals surface area contributed by atoms with E-state index in [4.69, 9.17) is 5.73 Å². The Kier molecular flexibility index (Phi) is 4.61. The maximum Gasteiger partial charge on any atom is 0.0596 e. The molecule has 20 heavy (non-hydrogen) atoms. The van der Waals surface area contributed by atoms with Gasteiger partial charge in [-0.25, -0.2) is 0 Å². The molecule has 0 radical (unpaired) electrons. The van der Waals surface area contributed by atoms with E-state index in [1.807, 2.05) is 6.92 Å². The van der Waals surface area contributed by atoms with E-state index in [1.165, 1.54) is 22.4 Å². The predicted octanol–water partition coefficient (Wildman–Crippen LogP) is 2.94. The number of hydrogen-bond acceptors (Lipinski definition) is 2. The van der Waals surface area contributed by atoms with Crippen LogP contribution in [0.4, 0.5) is 0 Å². The second-order valence-corrected chi connectivity index (χ2v) is 5.76. The largest absolute Gasteiger partial charge is 0.327 e. The maximum atomic E-state index is 6.33. The minimum absolute atomic E-state index is 0.137. The molecular weight excluding hydrogens is 246 g/mol. The Morgan fingerprint density at radius 2 is 1.70 bits per heavy atom. The van der Waals surface area contributed by atoms with Crippen LogP contribution in [0.5, 0.6) is 0 Å². The summed E-state index contributed by atoms with van der Waals surface area (Å²) in [5.41, 5.74) is 12.6. The molecule has 1 unspecified atom stereocenters. The molecule has 0 spiro atoms. The van der Waals surface area contributed by atoms with Crippen LogP contribution in [0.15, 0.2) is 24.3 Å². The second kappa shape index (κ2) is 6.23. The van der Waals surface area contributed by atoms with Crippen molar-refractivity contribution < 1.29 is 0 Å². The molecule has 0 bridgehead atoms. The topological polar surface area (TPSA) is 43.8 Å². The molecule has 108 valence electrons. The van der Waals surface area contributed by atoms with Crippen LogP contribution in [0, 0.1) is 20.8 Å². The van der Waals surface area contributed by atoms with Gasteiger partial charge in [0.25, 0.3) is 0 Å². The molecule has 0 aliphatic carbocycles. The summed E-state index contributed by atoms with van der Waals surface area (Å²) in [7, 11) is 0. The van der Waals surface area contributed by atoms with Gasteiger partial charge in [-0.05, 0) is 45.7 Å². The number of nitrogens with two attached hydrogens (primary N) is 1. The monoisotopic (exact) mass is 271 g/mol. The number of hydrogen-bond donors (Lipinski definition) is 1. The summed E-state index contributed by atoms with van der Waals surface area (Å²) in [6, 6.07) is 8.94. The molecule has 0 aliphatic heterocycles. The fourth-order valence-electron chi connectivity index (χ4n) is 2.87. The predicted molar refractivity (Wildman–Crippen MR) is 83.9 cm³/mol. The van der Waals surface area contributed by atoms with Crippen molar-refractivity contribution in [3.8, 4) is 0 Å². The molecule has 2 rings (SSSR count). The van der Waals surface area contributed by atoms with Gasteiger partial charge in [0.2, 0.25) is 0 Å². The molecule has 0 amide bonds. The quantitative estimate of drug-likeness (QED) is 0.908. The fraction of sp³-hybridized carbons (Fsp3) is 0.471.